The second kappa shape index (κ2) is 10.8. The van der Waals surface area contributed by atoms with E-state index >= 15 is 0 Å². The molecule has 7 nitrogen and oxygen atoms in total. The van der Waals surface area contributed by atoms with Gasteiger partial charge in [0.25, 0.3) is 11.8 Å². The monoisotopic (exact) mass is 437 g/mol. The maximum Gasteiger partial charge on any atom is 0.278 e. The normalized spacial score (nSPS) is 13.7. The zero-order chi connectivity index (χ0) is 23.1. The summed E-state index contributed by atoms with van der Waals surface area (Å²) in [6, 6.07) is 15.0. The van der Waals surface area contributed by atoms with Crippen molar-refractivity contribution in [1.29, 1.82) is 0 Å². The lowest BCUT2D eigenvalue weighted by Gasteiger charge is -2.21. The number of methoxy groups -OCH3 is 2. The Morgan fingerprint density at radius 1 is 0.906 bits per heavy atom. The van der Waals surface area contributed by atoms with Gasteiger partial charge in [-0.15, -0.1) is 0 Å². The van der Waals surface area contributed by atoms with Gasteiger partial charge in [0.05, 0.1) is 12.7 Å². The summed E-state index contributed by atoms with van der Waals surface area (Å²) in [5.74, 6) is 0.0489. The van der Waals surface area contributed by atoms with Crippen LogP contribution in [-0.2, 0) is 14.3 Å². The second-order valence-corrected chi connectivity index (χ2v) is 7.43. The SMILES string of the molecule is CCN(CC)c1ccc(NC2=C(c3ccc(OC)cc3)C(=O)N(CCCOC)C2=O)cc1. The van der Waals surface area contributed by atoms with Crippen LogP contribution in [0.15, 0.2) is 54.2 Å². The summed E-state index contributed by atoms with van der Waals surface area (Å²) in [5.41, 5.74) is 3.18. The van der Waals surface area contributed by atoms with Gasteiger partial charge >= 0.3 is 0 Å². The highest BCUT2D eigenvalue weighted by molar-refractivity contribution is 6.36. The molecule has 0 bridgehead atoms. The molecule has 7 heteroatoms. The van der Waals surface area contributed by atoms with Crippen LogP contribution in [-0.4, -0.2) is 57.2 Å². The number of rotatable bonds is 11. The molecule has 0 saturated carbocycles. The summed E-state index contributed by atoms with van der Waals surface area (Å²) in [6.45, 7) is 6.84. The van der Waals surface area contributed by atoms with Crippen LogP contribution in [0.5, 0.6) is 5.75 Å². The van der Waals surface area contributed by atoms with E-state index in [0.29, 0.717) is 36.5 Å². The molecule has 0 radical (unpaired) electrons. The molecule has 3 rings (SSSR count). The summed E-state index contributed by atoms with van der Waals surface area (Å²) in [7, 11) is 3.19. The van der Waals surface area contributed by atoms with Crippen molar-refractivity contribution in [2.45, 2.75) is 20.3 Å². The Balaban J connectivity index is 1.93. The van der Waals surface area contributed by atoms with E-state index in [-0.39, 0.29) is 17.5 Å². The number of carbonyl (C=O) groups excluding carboxylic acids is 2. The van der Waals surface area contributed by atoms with Crippen molar-refractivity contribution < 1.29 is 19.1 Å². The van der Waals surface area contributed by atoms with E-state index in [9.17, 15) is 9.59 Å². The number of anilines is 2. The summed E-state index contributed by atoms with van der Waals surface area (Å²) < 4.78 is 10.3. The van der Waals surface area contributed by atoms with Crippen LogP contribution in [0.4, 0.5) is 11.4 Å². The molecule has 0 unspecified atom stereocenters. The van der Waals surface area contributed by atoms with E-state index in [0.717, 1.165) is 24.5 Å². The van der Waals surface area contributed by atoms with Crippen molar-refractivity contribution >= 4 is 28.8 Å². The molecule has 0 atom stereocenters. The zero-order valence-corrected chi connectivity index (χ0v) is 19.2. The molecule has 170 valence electrons. The van der Waals surface area contributed by atoms with Gasteiger partial charge in [-0.1, -0.05) is 12.1 Å². The van der Waals surface area contributed by atoms with Crippen molar-refractivity contribution in [3.63, 3.8) is 0 Å². The Morgan fingerprint density at radius 2 is 1.56 bits per heavy atom. The van der Waals surface area contributed by atoms with Gasteiger partial charge in [0, 0.05) is 44.7 Å². The Morgan fingerprint density at radius 3 is 2.12 bits per heavy atom. The lowest BCUT2D eigenvalue weighted by molar-refractivity contribution is -0.136. The maximum atomic E-state index is 13.2. The topological polar surface area (TPSA) is 71.1 Å². The van der Waals surface area contributed by atoms with Gasteiger partial charge in [-0.2, -0.15) is 0 Å². The molecule has 0 fully saturated rings. The highest BCUT2D eigenvalue weighted by atomic mass is 16.5. The van der Waals surface area contributed by atoms with Crippen molar-refractivity contribution in [1.82, 2.24) is 4.90 Å². The average molecular weight is 438 g/mol. The molecule has 2 aromatic carbocycles. The summed E-state index contributed by atoms with van der Waals surface area (Å²) in [4.78, 5) is 29.9. The van der Waals surface area contributed by atoms with Crippen molar-refractivity contribution in [3.8, 4) is 5.75 Å². The molecule has 2 amide bonds. The quantitative estimate of drug-likeness (QED) is 0.426. The van der Waals surface area contributed by atoms with E-state index in [1.807, 2.05) is 24.3 Å². The van der Waals surface area contributed by atoms with Gasteiger partial charge < -0.3 is 19.7 Å². The number of benzene rings is 2. The molecule has 0 aliphatic carbocycles. The van der Waals surface area contributed by atoms with E-state index in [1.165, 1.54) is 4.90 Å². The summed E-state index contributed by atoms with van der Waals surface area (Å²) in [6.07, 6.45) is 0.579. The molecule has 0 saturated heterocycles. The Bertz CT molecular complexity index is 964. The minimum absolute atomic E-state index is 0.285. The van der Waals surface area contributed by atoms with Crippen LogP contribution < -0.4 is 15.0 Å². The number of hydrogen-bond acceptors (Lipinski definition) is 6. The van der Waals surface area contributed by atoms with Gasteiger partial charge in [0.15, 0.2) is 0 Å². The Hall–Kier alpha value is -3.32. The standard InChI is InChI=1S/C25H31N3O4/c1-5-27(6-2)20-12-10-19(11-13-20)26-23-22(18-8-14-21(32-4)15-9-18)24(29)28(25(23)30)16-7-17-31-3/h8-15,26H,5-7,16-17H2,1-4H3. The Kier molecular flexibility index (Phi) is 7.89. The van der Waals surface area contributed by atoms with Crippen molar-refractivity contribution in [3.05, 3.63) is 59.8 Å². The third kappa shape index (κ3) is 4.94. The highest BCUT2D eigenvalue weighted by Gasteiger charge is 2.38. The molecule has 0 spiro atoms. The van der Waals surface area contributed by atoms with Gasteiger partial charge in [0.2, 0.25) is 0 Å². The first-order valence-electron chi connectivity index (χ1n) is 10.9. The fourth-order valence-electron chi connectivity index (χ4n) is 3.78. The van der Waals surface area contributed by atoms with Crippen molar-refractivity contribution in [2.75, 3.05) is 50.7 Å². The number of carbonyl (C=O) groups is 2. The number of nitrogens with zero attached hydrogens (tertiary/aromatic N) is 2. The third-order valence-electron chi connectivity index (χ3n) is 5.54. The van der Waals surface area contributed by atoms with Crippen molar-refractivity contribution in [2.24, 2.45) is 0 Å². The van der Waals surface area contributed by atoms with Crippen LogP contribution in [0.3, 0.4) is 0 Å². The second-order valence-electron chi connectivity index (χ2n) is 7.43. The molecule has 1 aliphatic heterocycles. The molecule has 1 heterocycles. The van der Waals surface area contributed by atoms with Gasteiger partial charge in [-0.3, -0.25) is 14.5 Å². The minimum atomic E-state index is -0.329. The van der Waals surface area contributed by atoms with Crippen LogP contribution in [0.1, 0.15) is 25.8 Å². The van der Waals surface area contributed by atoms with E-state index < -0.39 is 0 Å². The third-order valence-corrected chi connectivity index (χ3v) is 5.54. The predicted molar refractivity (Wildman–Crippen MR) is 127 cm³/mol. The fraction of sp³-hybridized carbons (Fsp3) is 0.360. The molecule has 32 heavy (non-hydrogen) atoms. The van der Waals surface area contributed by atoms with Gasteiger partial charge in [-0.05, 0) is 62.2 Å². The highest BCUT2D eigenvalue weighted by Crippen LogP contribution is 2.32. The van der Waals surface area contributed by atoms with Crippen LogP contribution >= 0.6 is 0 Å². The van der Waals surface area contributed by atoms with Gasteiger partial charge in [0.1, 0.15) is 11.4 Å². The molecule has 1 aliphatic rings. The predicted octanol–water partition coefficient (Wildman–Crippen LogP) is 3.77. The number of imide groups is 1. The van der Waals surface area contributed by atoms with Crippen LogP contribution in [0.2, 0.25) is 0 Å². The largest absolute Gasteiger partial charge is 0.497 e. The number of amides is 2. The lowest BCUT2D eigenvalue weighted by atomic mass is 10.0. The van der Waals surface area contributed by atoms with E-state index in [2.05, 4.69) is 24.1 Å². The molecular formula is C25H31N3O4. The number of nitrogens with one attached hydrogen (secondary N) is 1. The molecule has 1 N–H and O–H groups in total. The van der Waals surface area contributed by atoms with Crippen LogP contribution in [0.25, 0.3) is 5.57 Å². The first-order chi connectivity index (χ1) is 15.5. The molecular weight excluding hydrogens is 406 g/mol. The average Bonchev–Trinajstić information content (AvgIpc) is 3.05. The first-order valence-corrected chi connectivity index (χ1v) is 10.9. The molecule has 0 aromatic heterocycles. The first kappa shape index (κ1) is 23.3. The smallest absolute Gasteiger partial charge is 0.278 e. The summed E-state index contributed by atoms with van der Waals surface area (Å²) in [5, 5.41) is 3.21. The lowest BCUT2D eigenvalue weighted by Crippen LogP contribution is -2.33. The van der Waals surface area contributed by atoms with Crippen LogP contribution in [0, 0.1) is 0 Å². The van der Waals surface area contributed by atoms with E-state index in [1.54, 1.807) is 38.5 Å². The molecule has 2 aromatic rings. The zero-order valence-electron chi connectivity index (χ0n) is 19.2. The Labute approximate surface area is 189 Å². The van der Waals surface area contributed by atoms with Gasteiger partial charge in [-0.25, -0.2) is 0 Å². The number of hydrogen-bond donors (Lipinski definition) is 1. The van der Waals surface area contributed by atoms with E-state index in [4.69, 9.17) is 9.47 Å². The summed E-state index contributed by atoms with van der Waals surface area (Å²) >= 11 is 0. The number of ether oxygens (including phenoxy) is 2. The minimum Gasteiger partial charge on any atom is -0.497 e. The maximum absolute atomic E-state index is 13.2. The fourth-order valence-corrected chi connectivity index (χ4v) is 3.78.